The van der Waals surface area contributed by atoms with Gasteiger partial charge >= 0.3 is 5.97 Å². The summed E-state index contributed by atoms with van der Waals surface area (Å²) in [5, 5.41) is 11.5. The first-order valence-corrected chi connectivity index (χ1v) is 4.79. The third-order valence-electron chi connectivity index (χ3n) is 2.41. The standard InChI is InChI=1S/C11H9FN2O3/c1-14-10(15)8(11(16)17)9(13-14)6-4-2-3-5-7(6)12/h2-5,13H,1H3,(H,16,17). The number of nitrogens with one attached hydrogen (secondary N) is 1. The Bertz CT molecular complexity index is 642. The summed E-state index contributed by atoms with van der Waals surface area (Å²) < 4.78 is 14.5. The molecule has 1 aromatic heterocycles. The molecule has 1 aromatic carbocycles. The van der Waals surface area contributed by atoms with Crippen molar-refractivity contribution in [2.24, 2.45) is 7.05 Å². The first-order valence-electron chi connectivity index (χ1n) is 4.79. The molecule has 0 saturated carbocycles. The van der Waals surface area contributed by atoms with Crippen molar-refractivity contribution >= 4 is 5.97 Å². The highest BCUT2D eigenvalue weighted by Gasteiger charge is 2.22. The average Bonchev–Trinajstić information content (AvgIpc) is 2.56. The Hall–Kier alpha value is -2.37. The second-order valence-corrected chi connectivity index (χ2v) is 3.51. The van der Waals surface area contributed by atoms with Gasteiger partial charge in [0, 0.05) is 12.6 Å². The molecule has 0 spiro atoms. The second kappa shape index (κ2) is 3.89. The molecule has 0 radical (unpaired) electrons. The Labute approximate surface area is 95.1 Å². The fourth-order valence-corrected chi connectivity index (χ4v) is 1.61. The monoisotopic (exact) mass is 236 g/mol. The number of halogens is 1. The van der Waals surface area contributed by atoms with E-state index in [0.29, 0.717) is 0 Å². The molecular formula is C11H9FN2O3. The number of aromatic amines is 1. The van der Waals surface area contributed by atoms with Gasteiger partial charge in [0.2, 0.25) is 0 Å². The number of hydrogen-bond donors (Lipinski definition) is 2. The number of nitrogens with zero attached hydrogens (tertiary/aromatic N) is 1. The van der Waals surface area contributed by atoms with Crippen LogP contribution in [0.4, 0.5) is 4.39 Å². The molecule has 2 rings (SSSR count). The highest BCUT2D eigenvalue weighted by atomic mass is 19.1. The van der Waals surface area contributed by atoms with E-state index in [-0.39, 0.29) is 11.3 Å². The lowest BCUT2D eigenvalue weighted by Gasteiger charge is -2.00. The SMILES string of the molecule is Cn1[nH]c(-c2ccccc2F)c(C(=O)O)c1=O. The van der Waals surface area contributed by atoms with Gasteiger partial charge in [0.15, 0.2) is 5.56 Å². The number of H-pyrrole nitrogens is 1. The van der Waals surface area contributed by atoms with E-state index in [4.69, 9.17) is 5.11 Å². The van der Waals surface area contributed by atoms with Crippen molar-refractivity contribution in [3.63, 3.8) is 0 Å². The number of aromatic nitrogens is 2. The maximum Gasteiger partial charge on any atom is 0.343 e. The maximum atomic E-state index is 13.5. The largest absolute Gasteiger partial charge is 0.477 e. The summed E-state index contributed by atoms with van der Waals surface area (Å²) in [6.45, 7) is 0. The molecule has 0 saturated heterocycles. The quantitative estimate of drug-likeness (QED) is 0.823. The lowest BCUT2D eigenvalue weighted by molar-refractivity contribution is 0.0696. The molecule has 0 unspecified atom stereocenters. The number of aromatic carboxylic acids is 1. The molecule has 2 N–H and O–H groups in total. The molecule has 17 heavy (non-hydrogen) atoms. The molecule has 5 nitrogen and oxygen atoms in total. The van der Waals surface area contributed by atoms with Crippen LogP contribution in [0.3, 0.4) is 0 Å². The van der Waals surface area contributed by atoms with Crippen LogP contribution < -0.4 is 5.56 Å². The molecule has 0 atom stereocenters. The molecule has 0 bridgehead atoms. The van der Waals surface area contributed by atoms with Crippen molar-refractivity contribution in [1.29, 1.82) is 0 Å². The Morgan fingerprint density at radius 3 is 2.65 bits per heavy atom. The molecule has 1 heterocycles. The van der Waals surface area contributed by atoms with Crippen molar-refractivity contribution < 1.29 is 14.3 Å². The first kappa shape index (κ1) is 11.1. The summed E-state index contributed by atoms with van der Waals surface area (Å²) in [7, 11) is 1.37. The van der Waals surface area contributed by atoms with Gasteiger partial charge in [-0.25, -0.2) is 9.18 Å². The van der Waals surface area contributed by atoms with E-state index >= 15 is 0 Å². The zero-order valence-electron chi connectivity index (χ0n) is 8.90. The van der Waals surface area contributed by atoms with Crippen LogP contribution in [-0.4, -0.2) is 20.9 Å². The summed E-state index contributed by atoms with van der Waals surface area (Å²) in [6.07, 6.45) is 0. The predicted octanol–water partition coefficient (Wildman–Crippen LogP) is 1.22. The number of rotatable bonds is 2. The summed E-state index contributed by atoms with van der Waals surface area (Å²) in [5.74, 6) is -1.97. The molecular weight excluding hydrogens is 227 g/mol. The van der Waals surface area contributed by atoms with Gasteiger partial charge in [-0.2, -0.15) is 0 Å². The summed E-state index contributed by atoms with van der Waals surface area (Å²) in [4.78, 5) is 22.5. The van der Waals surface area contributed by atoms with Gasteiger partial charge in [-0.3, -0.25) is 14.6 Å². The Morgan fingerprint density at radius 2 is 2.06 bits per heavy atom. The van der Waals surface area contributed by atoms with Crippen molar-refractivity contribution in [1.82, 2.24) is 9.78 Å². The molecule has 88 valence electrons. The van der Waals surface area contributed by atoms with Gasteiger partial charge in [0.1, 0.15) is 5.82 Å². The van der Waals surface area contributed by atoms with Crippen LogP contribution in [0, 0.1) is 5.82 Å². The number of hydrogen-bond acceptors (Lipinski definition) is 2. The number of carbonyl (C=O) groups is 1. The number of aryl methyl sites for hydroxylation is 1. The van der Waals surface area contributed by atoms with E-state index in [9.17, 15) is 14.0 Å². The highest BCUT2D eigenvalue weighted by Crippen LogP contribution is 2.22. The van der Waals surface area contributed by atoms with Gasteiger partial charge in [0.05, 0.1) is 5.69 Å². The third-order valence-corrected chi connectivity index (χ3v) is 2.41. The van der Waals surface area contributed by atoms with Gasteiger partial charge in [0.25, 0.3) is 5.56 Å². The molecule has 0 fully saturated rings. The lowest BCUT2D eigenvalue weighted by Crippen LogP contribution is -2.18. The summed E-state index contributed by atoms with van der Waals surface area (Å²) in [5.41, 5.74) is -1.13. The fraction of sp³-hybridized carbons (Fsp3) is 0.0909. The van der Waals surface area contributed by atoms with E-state index in [2.05, 4.69) is 5.10 Å². The van der Waals surface area contributed by atoms with Crippen molar-refractivity contribution in [3.05, 3.63) is 46.0 Å². The van der Waals surface area contributed by atoms with Crippen LogP contribution >= 0.6 is 0 Å². The Kier molecular flexibility index (Phi) is 2.55. The topological polar surface area (TPSA) is 75.1 Å². The van der Waals surface area contributed by atoms with Gasteiger partial charge < -0.3 is 5.11 Å². The van der Waals surface area contributed by atoms with Gasteiger partial charge in [-0.05, 0) is 12.1 Å². The van der Waals surface area contributed by atoms with Crippen molar-refractivity contribution in [2.45, 2.75) is 0 Å². The molecule has 0 aliphatic rings. The zero-order chi connectivity index (χ0) is 12.6. The number of carboxylic acids is 1. The summed E-state index contributed by atoms with van der Waals surface area (Å²) in [6, 6.07) is 5.66. The van der Waals surface area contributed by atoms with Crippen LogP contribution in [0.5, 0.6) is 0 Å². The minimum atomic E-state index is -1.38. The lowest BCUT2D eigenvalue weighted by atomic mass is 10.1. The van der Waals surface area contributed by atoms with Crippen molar-refractivity contribution in [3.8, 4) is 11.3 Å². The Balaban J connectivity index is 2.77. The summed E-state index contributed by atoms with van der Waals surface area (Å²) >= 11 is 0. The fourth-order valence-electron chi connectivity index (χ4n) is 1.61. The van der Waals surface area contributed by atoms with E-state index in [0.717, 1.165) is 4.68 Å². The van der Waals surface area contributed by atoms with E-state index < -0.39 is 22.9 Å². The third kappa shape index (κ3) is 1.73. The van der Waals surface area contributed by atoms with Crippen LogP contribution in [0.25, 0.3) is 11.3 Å². The van der Waals surface area contributed by atoms with Gasteiger partial charge in [-0.15, -0.1) is 0 Å². The maximum absolute atomic E-state index is 13.5. The molecule has 0 aliphatic carbocycles. The average molecular weight is 236 g/mol. The van der Waals surface area contributed by atoms with Crippen LogP contribution in [0.1, 0.15) is 10.4 Å². The normalized spacial score (nSPS) is 10.5. The van der Waals surface area contributed by atoms with Crippen molar-refractivity contribution in [2.75, 3.05) is 0 Å². The molecule has 0 aliphatic heterocycles. The minimum absolute atomic E-state index is 0.0249. The smallest absolute Gasteiger partial charge is 0.343 e. The highest BCUT2D eigenvalue weighted by molar-refractivity contribution is 5.94. The Morgan fingerprint density at radius 1 is 1.41 bits per heavy atom. The number of carboxylic acid groups (broad SMARTS) is 1. The molecule has 2 aromatic rings. The van der Waals surface area contributed by atoms with Gasteiger partial charge in [-0.1, -0.05) is 12.1 Å². The van der Waals surface area contributed by atoms with E-state index in [1.165, 1.54) is 25.2 Å². The number of benzene rings is 1. The second-order valence-electron chi connectivity index (χ2n) is 3.51. The molecule has 6 heteroatoms. The predicted molar refractivity (Wildman–Crippen MR) is 58.4 cm³/mol. The van der Waals surface area contributed by atoms with Crippen LogP contribution in [-0.2, 0) is 7.05 Å². The van der Waals surface area contributed by atoms with E-state index in [1.54, 1.807) is 6.07 Å². The minimum Gasteiger partial charge on any atom is -0.477 e. The molecule has 0 amide bonds. The van der Waals surface area contributed by atoms with Crippen LogP contribution in [0.15, 0.2) is 29.1 Å². The zero-order valence-corrected chi connectivity index (χ0v) is 8.90. The van der Waals surface area contributed by atoms with E-state index in [1.807, 2.05) is 0 Å². The first-order chi connectivity index (χ1) is 8.02. The van der Waals surface area contributed by atoms with Crippen LogP contribution in [0.2, 0.25) is 0 Å².